The molecule has 2 aliphatic heterocycles. The molecule has 1 unspecified atom stereocenters. The van der Waals surface area contributed by atoms with E-state index in [1.807, 2.05) is 0 Å². The van der Waals surface area contributed by atoms with Gasteiger partial charge in [0.15, 0.2) is 11.9 Å². The molecule has 1 aromatic carbocycles. The van der Waals surface area contributed by atoms with Gasteiger partial charge in [-0.15, -0.1) is 0 Å². The standard InChI is InChI=1S/C19H24N2O5/c1-12-19(25)20-15-11-14(4-5-16(15)26-12)18(24)13-6-9-21(10-7-13)8-2-3-17(22)23/h4-5,11-13H,2-3,6-10H2,1H3,(H,20,25)(H,22,23). The lowest BCUT2D eigenvalue weighted by molar-refractivity contribution is -0.137. The summed E-state index contributed by atoms with van der Waals surface area (Å²) in [4.78, 5) is 37.3. The average molecular weight is 360 g/mol. The summed E-state index contributed by atoms with van der Waals surface area (Å²) >= 11 is 0. The minimum Gasteiger partial charge on any atom is -0.481 e. The number of carboxylic acid groups (broad SMARTS) is 1. The third-order valence-electron chi connectivity index (χ3n) is 5.02. The maximum atomic E-state index is 12.8. The predicted octanol–water partition coefficient (Wildman–Crippen LogP) is 2.17. The van der Waals surface area contributed by atoms with Crippen LogP contribution >= 0.6 is 0 Å². The predicted molar refractivity (Wildman–Crippen MR) is 95.5 cm³/mol. The number of fused-ring (bicyclic) bond motifs is 1. The van der Waals surface area contributed by atoms with E-state index in [-0.39, 0.29) is 24.0 Å². The summed E-state index contributed by atoms with van der Waals surface area (Å²) in [6.45, 7) is 4.05. The van der Waals surface area contributed by atoms with Crippen molar-refractivity contribution in [1.29, 1.82) is 0 Å². The van der Waals surface area contributed by atoms with E-state index in [2.05, 4.69) is 10.2 Å². The van der Waals surface area contributed by atoms with Crippen LogP contribution in [0.4, 0.5) is 5.69 Å². The Bertz CT molecular complexity index is 710. The molecule has 0 saturated carbocycles. The van der Waals surface area contributed by atoms with Crippen molar-refractivity contribution in [2.24, 2.45) is 5.92 Å². The van der Waals surface area contributed by atoms with Crippen molar-refractivity contribution in [2.75, 3.05) is 25.0 Å². The van der Waals surface area contributed by atoms with Gasteiger partial charge in [0.05, 0.1) is 5.69 Å². The van der Waals surface area contributed by atoms with Gasteiger partial charge in [-0.3, -0.25) is 14.4 Å². The first-order chi connectivity index (χ1) is 12.4. The van der Waals surface area contributed by atoms with Crippen LogP contribution in [-0.4, -0.2) is 53.4 Å². The van der Waals surface area contributed by atoms with Crippen LogP contribution in [0.25, 0.3) is 0 Å². The number of ketones is 1. The molecule has 2 N–H and O–H groups in total. The molecular weight excluding hydrogens is 336 g/mol. The smallest absolute Gasteiger partial charge is 0.303 e. The van der Waals surface area contributed by atoms with Gasteiger partial charge >= 0.3 is 5.97 Å². The maximum Gasteiger partial charge on any atom is 0.303 e. The van der Waals surface area contributed by atoms with Gasteiger partial charge in [-0.25, -0.2) is 0 Å². The Labute approximate surface area is 152 Å². The zero-order chi connectivity index (χ0) is 18.7. The Balaban J connectivity index is 1.56. The van der Waals surface area contributed by atoms with Crippen LogP contribution in [-0.2, 0) is 9.59 Å². The molecule has 7 heteroatoms. The van der Waals surface area contributed by atoms with E-state index in [4.69, 9.17) is 9.84 Å². The number of benzene rings is 1. The minimum atomic E-state index is -0.770. The second-order valence-electron chi connectivity index (χ2n) is 6.94. The van der Waals surface area contributed by atoms with Crippen molar-refractivity contribution in [3.8, 4) is 5.75 Å². The Kier molecular flexibility index (Phi) is 5.56. The Morgan fingerprint density at radius 2 is 2.04 bits per heavy atom. The molecule has 2 aliphatic rings. The maximum absolute atomic E-state index is 12.8. The van der Waals surface area contributed by atoms with Gasteiger partial charge in [0.1, 0.15) is 5.75 Å². The first kappa shape index (κ1) is 18.4. The summed E-state index contributed by atoms with van der Waals surface area (Å²) in [6, 6.07) is 5.19. The van der Waals surface area contributed by atoms with Gasteiger partial charge in [0.2, 0.25) is 0 Å². The van der Waals surface area contributed by atoms with Gasteiger partial charge in [0, 0.05) is 17.9 Å². The highest BCUT2D eigenvalue weighted by molar-refractivity contribution is 6.02. The number of ether oxygens (including phenoxy) is 1. The average Bonchev–Trinajstić information content (AvgIpc) is 2.62. The van der Waals surface area contributed by atoms with Crippen LogP contribution in [0.3, 0.4) is 0 Å². The number of piperidine rings is 1. The first-order valence-electron chi connectivity index (χ1n) is 9.04. The molecule has 7 nitrogen and oxygen atoms in total. The summed E-state index contributed by atoms with van der Waals surface area (Å²) in [6.07, 6.45) is 1.82. The zero-order valence-electron chi connectivity index (χ0n) is 14.9. The van der Waals surface area contributed by atoms with Crippen LogP contribution in [0, 0.1) is 5.92 Å². The van der Waals surface area contributed by atoms with E-state index >= 15 is 0 Å². The van der Waals surface area contributed by atoms with Crippen LogP contribution in [0.5, 0.6) is 5.75 Å². The van der Waals surface area contributed by atoms with Crippen molar-refractivity contribution in [2.45, 2.75) is 38.7 Å². The molecule has 26 heavy (non-hydrogen) atoms. The number of nitrogens with zero attached hydrogens (tertiary/aromatic N) is 1. The number of anilines is 1. The largest absolute Gasteiger partial charge is 0.481 e. The Morgan fingerprint density at radius 3 is 2.73 bits per heavy atom. The molecule has 3 rings (SSSR count). The molecule has 1 aromatic rings. The lowest BCUT2D eigenvalue weighted by Crippen LogP contribution is -2.37. The molecule has 1 amide bonds. The first-order valence-corrected chi connectivity index (χ1v) is 9.04. The van der Waals surface area contributed by atoms with E-state index in [0.717, 1.165) is 32.5 Å². The topological polar surface area (TPSA) is 95.9 Å². The van der Waals surface area contributed by atoms with Crippen LogP contribution in [0.1, 0.15) is 43.0 Å². The fourth-order valence-electron chi connectivity index (χ4n) is 3.47. The van der Waals surface area contributed by atoms with Crippen molar-refractivity contribution in [1.82, 2.24) is 4.90 Å². The molecule has 140 valence electrons. The highest BCUT2D eigenvalue weighted by Gasteiger charge is 2.28. The second kappa shape index (κ2) is 7.86. The van der Waals surface area contributed by atoms with E-state index in [1.165, 1.54) is 0 Å². The van der Waals surface area contributed by atoms with Gasteiger partial charge in [0.25, 0.3) is 5.91 Å². The molecule has 1 saturated heterocycles. The molecule has 1 fully saturated rings. The number of hydrogen-bond donors (Lipinski definition) is 2. The Hall–Kier alpha value is -2.41. The third kappa shape index (κ3) is 4.22. The normalized spacial score (nSPS) is 20.8. The molecule has 0 bridgehead atoms. The summed E-state index contributed by atoms with van der Waals surface area (Å²) in [5.41, 5.74) is 1.14. The molecule has 1 atom stereocenters. The number of hydrogen-bond acceptors (Lipinski definition) is 5. The number of likely N-dealkylation sites (tertiary alicyclic amines) is 1. The van der Waals surface area contributed by atoms with Gasteiger partial charge in [-0.2, -0.15) is 0 Å². The molecule has 0 spiro atoms. The van der Waals surface area contributed by atoms with Crippen LogP contribution in [0.15, 0.2) is 18.2 Å². The van der Waals surface area contributed by atoms with Gasteiger partial charge in [-0.1, -0.05) is 0 Å². The monoisotopic (exact) mass is 360 g/mol. The van der Waals surface area contributed by atoms with Crippen molar-refractivity contribution >= 4 is 23.3 Å². The van der Waals surface area contributed by atoms with Crippen LogP contribution in [0.2, 0.25) is 0 Å². The summed E-state index contributed by atoms with van der Waals surface area (Å²) in [5.74, 6) is -0.347. The van der Waals surface area contributed by atoms with E-state index < -0.39 is 12.1 Å². The van der Waals surface area contributed by atoms with E-state index in [1.54, 1.807) is 25.1 Å². The number of nitrogens with one attached hydrogen (secondary N) is 1. The van der Waals surface area contributed by atoms with Crippen LogP contribution < -0.4 is 10.1 Å². The van der Waals surface area contributed by atoms with Gasteiger partial charge < -0.3 is 20.1 Å². The quantitative estimate of drug-likeness (QED) is 0.755. The molecule has 2 heterocycles. The third-order valence-corrected chi connectivity index (χ3v) is 5.02. The number of amides is 1. The minimum absolute atomic E-state index is 0.0390. The van der Waals surface area contributed by atoms with Crippen molar-refractivity contribution < 1.29 is 24.2 Å². The fraction of sp³-hybridized carbons (Fsp3) is 0.526. The lowest BCUT2D eigenvalue weighted by Gasteiger charge is -2.31. The molecule has 0 aliphatic carbocycles. The number of rotatable bonds is 6. The second-order valence-corrected chi connectivity index (χ2v) is 6.94. The highest BCUT2D eigenvalue weighted by atomic mass is 16.5. The number of carbonyl (C=O) groups is 3. The van der Waals surface area contributed by atoms with Crippen molar-refractivity contribution in [3.05, 3.63) is 23.8 Å². The van der Waals surface area contributed by atoms with Crippen molar-refractivity contribution in [3.63, 3.8) is 0 Å². The molecule has 0 aromatic heterocycles. The zero-order valence-corrected chi connectivity index (χ0v) is 14.9. The fourth-order valence-corrected chi connectivity index (χ4v) is 3.47. The summed E-state index contributed by atoms with van der Waals surface area (Å²) < 4.78 is 5.52. The van der Waals surface area contributed by atoms with E-state index in [0.29, 0.717) is 23.4 Å². The van der Waals surface area contributed by atoms with Gasteiger partial charge in [-0.05, 0) is 64.0 Å². The molecule has 0 radical (unpaired) electrons. The van der Waals surface area contributed by atoms with E-state index in [9.17, 15) is 14.4 Å². The highest BCUT2D eigenvalue weighted by Crippen LogP contribution is 2.32. The number of Topliss-reactive ketones (excluding diaryl/α,β-unsaturated/α-hetero) is 1. The molecular formula is C19H24N2O5. The SMILES string of the molecule is CC1Oc2ccc(C(=O)C3CCN(CCCC(=O)O)CC3)cc2NC1=O. The number of carboxylic acids is 1. The number of carbonyl (C=O) groups excluding carboxylic acids is 2. The summed E-state index contributed by atoms with van der Waals surface area (Å²) in [5, 5.41) is 11.5. The lowest BCUT2D eigenvalue weighted by atomic mass is 9.88. The number of aliphatic carboxylic acids is 1. The summed E-state index contributed by atoms with van der Waals surface area (Å²) in [7, 11) is 0. The Morgan fingerprint density at radius 1 is 1.31 bits per heavy atom.